The number of hydrogen-bond donors (Lipinski definition) is 0. The second-order valence-electron chi connectivity index (χ2n) is 3.37. The first-order valence-electron chi connectivity index (χ1n) is 4.11. The maximum Gasteiger partial charge on any atom is 0.0616 e. The maximum absolute atomic E-state index is 5.77. The van der Waals surface area contributed by atoms with Gasteiger partial charge in [0.2, 0.25) is 0 Å². The molecule has 0 amide bonds. The van der Waals surface area contributed by atoms with E-state index < -0.39 is 0 Å². The Morgan fingerprint density at radius 1 is 1.20 bits per heavy atom. The molecule has 2 heterocycles. The van der Waals surface area contributed by atoms with Gasteiger partial charge in [0.1, 0.15) is 0 Å². The lowest BCUT2D eigenvalue weighted by atomic mass is 9.98. The van der Waals surface area contributed by atoms with Crippen molar-refractivity contribution in [2.45, 2.75) is 37.9 Å². The summed E-state index contributed by atoms with van der Waals surface area (Å²) in [6, 6.07) is 0. The average Bonchev–Trinajstić information content (AvgIpc) is 2.34. The number of rotatable bonds is 1. The third kappa shape index (κ3) is 1.12. The quantitative estimate of drug-likeness (QED) is 0.597. The molecule has 0 radical (unpaired) electrons. The SMILES string of the molecule is BrCC1CCC2CCC1O2. The molecule has 2 rings (SSSR count). The summed E-state index contributed by atoms with van der Waals surface area (Å²) in [5.41, 5.74) is 0. The minimum absolute atomic E-state index is 0.595. The fourth-order valence-corrected chi connectivity index (χ4v) is 2.80. The number of halogens is 1. The molecule has 1 nitrogen and oxygen atoms in total. The zero-order valence-corrected chi connectivity index (χ0v) is 7.64. The first kappa shape index (κ1) is 7.11. The first-order chi connectivity index (χ1) is 4.90. The average molecular weight is 205 g/mol. The molecule has 10 heavy (non-hydrogen) atoms. The van der Waals surface area contributed by atoms with Gasteiger partial charge in [0, 0.05) is 5.33 Å². The van der Waals surface area contributed by atoms with Gasteiger partial charge in [0.05, 0.1) is 12.2 Å². The number of hydrogen-bond acceptors (Lipinski definition) is 1. The minimum Gasteiger partial charge on any atom is -0.375 e. The van der Waals surface area contributed by atoms with Crippen molar-refractivity contribution in [1.29, 1.82) is 0 Å². The van der Waals surface area contributed by atoms with E-state index in [1.807, 2.05) is 0 Å². The molecule has 2 fully saturated rings. The highest BCUT2D eigenvalue weighted by atomic mass is 79.9. The van der Waals surface area contributed by atoms with Crippen molar-refractivity contribution in [3.05, 3.63) is 0 Å². The summed E-state index contributed by atoms with van der Waals surface area (Å²) < 4.78 is 5.77. The van der Waals surface area contributed by atoms with Gasteiger partial charge in [-0.3, -0.25) is 0 Å². The van der Waals surface area contributed by atoms with E-state index >= 15 is 0 Å². The Kier molecular flexibility index (Phi) is 2.01. The summed E-state index contributed by atoms with van der Waals surface area (Å²) in [5.74, 6) is 0.804. The van der Waals surface area contributed by atoms with Gasteiger partial charge in [-0.25, -0.2) is 0 Å². The Morgan fingerprint density at radius 3 is 2.80 bits per heavy atom. The molecular formula is C8H13BrO. The van der Waals surface area contributed by atoms with Crippen molar-refractivity contribution in [2.75, 3.05) is 5.33 Å². The van der Waals surface area contributed by atoms with Crippen molar-refractivity contribution in [1.82, 2.24) is 0 Å². The maximum atomic E-state index is 5.77. The highest BCUT2D eigenvalue weighted by molar-refractivity contribution is 9.09. The van der Waals surface area contributed by atoms with Crippen LogP contribution >= 0.6 is 15.9 Å². The van der Waals surface area contributed by atoms with Crippen molar-refractivity contribution >= 4 is 15.9 Å². The topological polar surface area (TPSA) is 9.23 Å². The summed E-state index contributed by atoms with van der Waals surface area (Å²) in [6.45, 7) is 0. The lowest BCUT2D eigenvalue weighted by molar-refractivity contribution is -0.0244. The Bertz CT molecular complexity index is 126. The molecule has 0 aromatic rings. The van der Waals surface area contributed by atoms with Crippen LogP contribution in [0.2, 0.25) is 0 Å². The Labute approximate surface area is 70.3 Å². The van der Waals surface area contributed by atoms with E-state index in [0.717, 1.165) is 11.2 Å². The number of fused-ring (bicyclic) bond motifs is 2. The Balaban J connectivity index is 2.00. The predicted molar refractivity (Wildman–Crippen MR) is 44.4 cm³/mol. The molecule has 3 atom stereocenters. The predicted octanol–water partition coefficient (Wildman–Crippen LogP) is 2.34. The second-order valence-corrected chi connectivity index (χ2v) is 4.01. The fourth-order valence-electron chi connectivity index (χ4n) is 2.06. The van der Waals surface area contributed by atoms with Crippen LogP contribution in [0.3, 0.4) is 0 Å². The van der Waals surface area contributed by atoms with Gasteiger partial charge in [0.25, 0.3) is 0 Å². The van der Waals surface area contributed by atoms with Gasteiger partial charge in [-0.1, -0.05) is 15.9 Å². The van der Waals surface area contributed by atoms with E-state index in [0.29, 0.717) is 12.2 Å². The van der Waals surface area contributed by atoms with E-state index in [1.54, 1.807) is 0 Å². The number of alkyl halides is 1. The van der Waals surface area contributed by atoms with E-state index in [-0.39, 0.29) is 0 Å². The third-order valence-electron chi connectivity index (χ3n) is 2.72. The van der Waals surface area contributed by atoms with Gasteiger partial charge in [0.15, 0.2) is 0 Å². The van der Waals surface area contributed by atoms with Gasteiger partial charge < -0.3 is 4.74 Å². The summed E-state index contributed by atoms with van der Waals surface area (Å²) in [4.78, 5) is 0. The molecule has 0 aliphatic carbocycles. The normalized spacial score (nSPS) is 45.9. The molecule has 2 aliphatic heterocycles. The largest absolute Gasteiger partial charge is 0.375 e. The van der Waals surface area contributed by atoms with E-state index in [9.17, 15) is 0 Å². The molecular weight excluding hydrogens is 192 g/mol. The van der Waals surface area contributed by atoms with Crippen LogP contribution in [0.5, 0.6) is 0 Å². The highest BCUT2D eigenvalue weighted by Gasteiger charge is 2.35. The second kappa shape index (κ2) is 2.82. The van der Waals surface area contributed by atoms with Crippen molar-refractivity contribution in [2.24, 2.45) is 5.92 Å². The summed E-state index contributed by atoms with van der Waals surface area (Å²) in [5, 5.41) is 1.13. The van der Waals surface area contributed by atoms with Gasteiger partial charge in [-0.05, 0) is 31.6 Å². The van der Waals surface area contributed by atoms with Crippen LogP contribution in [0.25, 0.3) is 0 Å². The molecule has 0 aromatic carbocycles. The summed E-state index contributed by atoms with van der Waals surface area (Å²) in [7, 11) is 0. The summed E-state index contributed by atoms with van der Waals surface area (Å²) >= 11 is 3.53. The molecule has 0 N–H and O–H groups in total. The zero-order chi connectivity index (χ0) is 6.97. The molecule has 0 saturated carbocycles. The molecule has 2 bridgehead atoms. The van der Waals surface area contributed by atoms with Crippen LogP contribution in [0.15, 0.2) is 0 Å². The van der Waals surface area contributed by atoms with Gasteiger partial charge in [-0.15, -0.1) is 0 Å². The molecule has 2 aliphatic rings. The molecule has 58 valence electrons. The number of ether oxygens (including phenoxy) is 1. The molecule has 2 heteroatoms. The van der Waals surface area contributed by atoms with E-state index in [2.05, 4.69) is 15.9 Å². The van der Waals surface area contributed by atoms with Crippen molar-refractivity contribution < 1.29 is 4.74 Å². The molecule has 0 spiro atoms. The van der Waals surface area contributed by atoms with E-state index in [4.69, 9.17) is 4.74 Å². The van der Waals surface area contributed by atoms with E-state index in [1.165, 1.54) is 25.7 Å². The van der Waals surface area contributed by atoms with Crippen molar-refractivity contribution in [3.8, 4) is 0 Å². The first-order valence-corrected chi connectivity index (χ1v) is 5.23. The van der Waals surface area contributed by atoms with Gasteiger partial charge in [-0.2, -0.15) is 0 Å². The Morgan fingerprint density at radius 2 is 2.00 bits per heavy atom. The van der Waals surface area contributed by atoms with Crippen LogP contribution < -0.4 is 0 Å². The lowest BCUT2D eigenvalue weighted by Crippen LogP contribution is -2.28. The van der Waals surface area contributed by atoms with Crippen molar-refractivity contribution in [3.63, 3.8) is 0 Å². The highest BCUT2D eigenvalue weighted by Crippen LogP contribution is 2.36. The van der Waals surface area contributed by atoms with Crippen LogP contribution in [0.4, 0.5) is 0 Å². The molecule has 0 aromatic heterocycles. The van der Waals surface area contributed by atoms with Crippen LogP contribution in [-0.2, 0) is 4.74 Å². The fraction of sp³-hybridized carbons (Fsp3) is 1.00. The van der Waals surface area contributed by atoms with Crippen LogP contribution in [-0.4, -0.2) is 17.5 Å². The Hall–Kier alpha value is 0.440. The van der Waals surface area contributed by atoms with Crippen LogP contribution in [0, 0.1) is 5.92 Å². The zero-order valence-electron chi connectivity index (χ0n) is 6.05. The lowest BCUT2D eigenvalue weighted by Gasteiger charge is -2.27. The van der Waals surface area contributed by atoms with Crippen LogP contribution in [0.1, 0.15) is 25.7 Å². The van der Waals surface area contributed by atoms with Gasteiger partial charge >= 0.3 is 0 Å². The smallest absolute Gasteiger partial charge is 0.0616 e. The third-order valence-corrected chi connectivity index (χ3v) is 3.56. The minimum atomic E-state index is 0.595. The molecule has 2 saturated heterocycles. The monoisotopic (exact) mass is 204 g/mol. The summed E-state index contributed by atoms with van der Waals surface area (Å²) in [6.07, 6.45) is 6.51. The molecule has 3 unspecified atom stereocenters. The standard InChI is InChI=1S/C8H13BrO/c9-5-6-1-2-7-3-4-8(6)10-7/h6-8H,1-5H2.